The highest BCUT2D eigenvalue weighted by atomic mass is 15.1. The Hall–Kier alpha value is -7.74. The monoisotopic (exact) mass is 751 g/mol. The summed E-state index contributed by atoms with van der Waals surface area (Å²) in [6, 6.07) is 89.8. The van der Waals surface area contributed by atoms with Gasteiger partial charge in [-0.1, -0.05) is 218 Å². The Morgan fingerprint density at radius 3 is 1.19 bits per heavy atom. The summed E-state index contributed by atoms with van der Waals surface area (Å²) in [4.78, 5) is 2.41. The molecule has 0 aliphatic rings. The SMILES string of the molecule is c1ccc(-c2ccccc2-c2ccccc2-c2ccc(N(c3cccc(-c4cccc5cccc(-c6ccccc6)c45)c3)c3ccccc3-c3ccccc3)cc2)cc1. The summed E-state index contributed by atoms with van der Waals surface area (Å²) >= 11 is 0. The highest BCUT2D eigenvalue weighted by Crippen LogP contribution is 2.45. The van der Waals surface area contributed by atoms with Crippen molar-refractivity contribution in [3.8, 4) is 66.8 Å². The Balaban J connectivity index is 1.12. The lowest BCUT2D eigenvalue weighted by molar-refractivity contribution is 1.28. The number of anilines is 3. The Labute approximate surface area is 346 Å². The average molecular weight is 752 g/mol. The number of hydrogen-bond donors (Lipinski definition) is 0. The summed E-state index contributed by atoms with van der Waals surface area (Å²) in [5.41, 5.74) is 17.7. The van der Waals surface area contributed by atoms with Crippen LogP contribution in [0.2, 0.25) is 0 Å². The van der Waals surface area contributed by atoms with Crippen molar-refractivity contribution in [2.24, 2.45) is 0 Å². The lowest BCUT2D eigenvalue weighted by atomic mass is 9.89. The minimum Gasteiger partial charge on any atom is -0.310 e. The molecule has 0 saturated carbocycles. The number of benzene rings is 10. The van der Waals surface area contributed by atoms with E-state index >= 15 is 0 Å². The third-order valence-electron chi connectivity index (χ3n) is 11.3. The fourth-order valence-corrected chi connectivity index (χ4v) is 8.56. The third-order valence-corrected chi connectivity index (χ3v) is 11.3. The van der Waals surface area contributed by atoms with E-state index in [-0.39, 0.29) is 0 Å². The molecule has 10 rings (SSSR count). The van der Waals surface area contributed by atoms with Crippen molar-refractivity contribution >= 4 is 27.8 Å². The summed E-state index contributed by atoms with van der Waals surface area (Å²) < 4.78 is 0. The third kappa shape index (κ3) is 7.01. The van der Waals surface area contributed by atoms with Gasteiger partial charge in [-0.05, 0) is 102 Å². The van der Waals surface area contributed by atoms with E-state index in [4.69, 9.17) is 0 Å². The fraction of sp³-hybridized carbons (Fsp3) is 0. The number of fused-ring (bicyclic) bond motifs is 1. The normalized spacial score (nSPS) is 11.1. The molecule has 0 spiro atoms. The fourth-order valence-electron chi connectivity index (χ4n) is 8.56. The lowest BCUT2D eigenvalue weighted by Crippen LogP contribution is -2.11. The van der Waals surface area contributed by atoms with Crippen LogP contribution >= 0.6 is 0 Å². The van der Waals surface area contributed by atoms with Gasteiger partial charge in [-0.25, -0.2) is 0 Å². The zero-order valence-electron chi connectivity index (χ0n) is 32.6. The van der Waals surface area contributed by atoms with E-state index in [1.807, 2.05) is 0 Å². The topological polar surface area (TPSA) is 3.24 Å². The summed E-state index contributed by atoms with van der Waals surface area (Å²) in [6.07, 6.45) is 0. The molecule has 0 aliphatic carbocycles. The van der Waals surface area contributed by atoms with Gasteiger partial charge in [0.2, 0.25) is 0 Å². The van der Waals surface area contributed by atoms with E-state index in [1.165, 1.54) is 77.5 Å². The summed E-state index contributed by atoms with van der Waals surface area (Å²) in [7, 11) is 0. The molecule has 1 nitrogen and oxygen atoms in total. The van der Waals surface area contributed by atoms with Gasteiger partial charge in [-0.3, -0.25) is 0 Å². The quantitative estimate of drug-likeness (QED) is 0.142. The first kappa shape index (κ1) is 35.7. The predicted octanol–water partition coefficient (Wildman–Crippen LogP) is 16.3. The van der Waals surface area contributed by atoms with E-state index in [0.717, 1.165) is 17.1 Å². The molecule has 0 aliphatic heterocycles. The van der Waals surface area contributed by atoms with Crippen molar-refractivity contribution in [1.29, 1.82) is 0 Å². The molecule has 0 aromatic heterocycles. The minimum atomic E-state index is 1.08. The van der Waals surface area contributed by atoms with Gasteiger partial charge in [0.15, 0.2) is 0 Å². The van der Waals surface area contributed by atoms with E-state index < -0.39 is 0 Å². The molecule has 278 valence electrons. The van der Waals surface area contributed by atoms with Gasteiger partial charge in [-0.2, -0.15) is 0 Å². The van der Waals surface area contributed by atoms with Gasteiger partial charge in [0.25, 0.3) is 0 Å². The van der Waals surface area contributed by atoms with E-state index in [0.29, 0.717) is 0 Å². The molecule has 0 saturated heterocycles. The van der Waals surface area contributed by atoms with E-state index in [1.54, 1.807) is 0 Å². The van der Waals surface area contributed by atoms with Gasteiger partial charge in [-0.15, -0.1) is 0 Å². The minimum absolute atomic E-state index is 1.08. The molecule has 10 aromatic rings. The van der Waals surface area contributed by atoms with Crippen LogP contribution in [-0.4, -0.2) is 0 Å². The molecule has 0 atom stereocenters. The van der Waals surface area contributed by atoms with Crippen molar-refractivity contribution in [3.05, 3.63) is 249 Å². The molecule has 0 N–H and O–H groups in total. The van der Waals surface area contributed by atoms with Crippen molar-refractivity contribution in [1.82, 2.24) is 0 Å². The molecule has 59 heavy (non-hydrogen) atoms. The first-order valence-corrected chi connectivity index (χ1v) is 20.3. The van der Waals surface area contributed by atoms with Crippen LogP contribution in [0, 0.1) is 0 Å². The highest BCUT2D eigenvalue weighted by molar-refractivity contribution is 6.07. The molecular weight excluding hydrogens is 711 g/mol. The maximum Gasteiger partial charge on any atom is 0.0540 e. The Morgan fingerprint density at radius 2 is 0.610 bits per heavy atom. The molecular formula is C58H41N. The van der Waals surface area contributed by atoms with Crippen LogP contribution in [0.1, 0.15) is 0 Å². The lowest BCUT2D eigenvalue weighted by Gasteiger charge is -2.28. The second-order valence-corrected chi connectivity index (χ2v) is 14.8. The van der Waals surface area contributed by atoms with Gasteiger partial charge in [0.1, 0.15) is 0 Å². The number of para-hydroxylation sites is 1. The van der Waals surface area contributed by atoms with Crippen molar-refractivity contribution in [2.45, 2.75) is 0 Å². The molecule has 0 fully saturated rings. The second-order valence-electron chi connectivity index (χ2n) is 14.8. The van der Waals surface area contributed by atoms with Crippen molar-refractivity contribution < 1.29 is 0 Å². The van der Waals surface area contributed by atoms with Crippen LogP contribution in [0.15, 0.2) is 249 Å². The van der Waals surface area contributed by atoms with Gasteiger partial charge in [0, 0.05) is 16.9 Å². The summed E-state index contributed by atoms with van der Waals surface area (Å²) in [5, 5.41) is 2.48. The first-order chi connectivity index (χ1) is 29.3. The Morgan fingerprint density at radius 1 is 0.220 bits per heavy atom. The van der Waals surface area contributed by atoms with Crippen LogP contribution in [0.25, 0.3) is 77.5 Å². The van der Waals surface area contributed by atoms with Gasteiger partial charge < -0.3 is 4.90 Å². The second kappa shape index (κ2) is 16.0. The first-order valence-electron chi connectivity index (χ1n) is 20.3. The van der Waals surface area contributed by atoms with Gasteiger partial charge in [0.05, 0.1) is 5.69 Å². The van der Waals surface area contributed by atoms with Crippen molar-refractivity contribution in [2.75, 3.05) is 4.90 Å². The van der Waals surface area contributed by atoms with E-state index in [2.05, 4.69) is 254 Å². The molecule has 1 heteroatoms. The Bertz CT molecular complexity index is 3020. The predicted molar refractivity (Wildman–Crippen MR) is 251 cm³/mol. The molecule has 0 heterocycles. The highest BCUT2D eigenvalue weighted by Gasteiger charge is 2.20. The molecule has 0 unspecified atom stereocenters. The largest absolute Gasteiger partial charge is 0.310 e. The smallest absolute Gasteiger partial charge is 0.0540 e. The number of nitrogens with zero attached hydrogens (tertiary/aromatic N) is 1. The molecule has 0 bridgehead atoms. The summed E-state index contributed by atoms with van der Waals surface area (Å²) in [5.74, 6) is 0. The molecule has 10 aromatic carbocycles. The van der Waals surface area contributed by atoms with Gasteiger partial charge >= 0.3 is 0 Å². The number of rotatable bonds is 9. The maximum atomic E-state index is 2.41. The van der Waals surface area contributed by atoms with Crippen molar-refractivity contribution in [3.63, 3.8) is 0 Å². The zero-order chi connectivity index (χ0) is 39.4. The summed E-state index contributed by atoms with van der Waals surface area (Å²) in [6.45, 7) is 0. The number of hydrogen-bond acceptors (Lipinski definition) is 1. The molecule has 0 radical (unpaired) electrons. The average Bonchev–Trinajstić information content (AvgIpc) is 3.32. The van der Waals surface area contributed by atoms with Crippen LogP contribution in [0.4, 0.5) is 17.1 Å². The van der Waals surface area contributed by atoms with Crippen LogP contribution in [0.5, 0.6) is 0 Å². The van der Waals surface area contributed by atoms with Crippen LogP contribution in [-0.2, 0) is 0 Å². The van der Waals surface area contributed by atoms with Crippen LogP contribution in [0.3, 0.4) is 0 Å². The van der Waals surface area contributed by atoms with E-state index in [9.17, 15) is 0 Å². The maximum absolute atomic E-state index is 2.41. The van der Waals surface area contributed by atoms with Crippen LogP contribution < -0.4 is 4.90 Å². The molecule has 0 amide bonds. The standard InChI is InChI=1S/C58H41N/c1-4-19-42(20-5-1)50-29-10-12-32-55(50)56-33-13-11-30-51(56)45-37-39-48(40-38-45)59(57-36-15-14-31-52(57)43-21-6-2-7-22-43)49-28-16-27-47(41-49)54-35-18-26-46-25-17-34-53(58(46)54)44-23-8-3-9-24-44/h1-41H. The Kier molecular flexibility index (Phi) is 9.68. The zero-order valence-corrected chi connectivity index (χ0v) is 32.6.